The highest BCUT2D eigenvalue weighted by Gasteiger charge is 2.20. The summed E-state index contributed by atoms with van der Waals surface area (Å²) in [5, 5.41) is 23.6. The van der Waals surface area contributed by atoms with Crippen LogP contribution < -0.4 is 10.6 Å². The van der Waals surface area contributed by atoms with E-state index >= 15 is 0 Å². The Morgan fingerprint density at radius 3 is 2.62 bits per heavy atom. The van der Waals surface area contributed by atoms with Crippen LogP contribution in [0.2, 0.25) is 10.0 Å². The highest BCUT2D eigenvalue weighted by atomic mass is 35.5. The van der Waals surface area contributed by atoms with E-state index in [2.05, 4.69) is 10.6 Å². The predicted molar refractivity (Wildman–Crippen MR) is 80.8 cm³/mol. The molecule has 0 saturated heterocycles. The number of aliphatic hydroxyl groups excluding tert-OH is 1. The van der Waals surface area contributed by atoms with Crippen molar-refractivity contribution in [3.63, 3.8) is 0 Å². The van der Waals surface area contributed by atoms with Crippen molar-refractivity contribution in [2.24, 2.45) is 0 Å². The van der Waals surface area contributed by atoms with Crippen LogP contribution >= 0.6 is 23.2 Å². The molecule has 1 aromatic carbocycles. The minimum absolute atomic E-state index is 0.0519. The fraction of sp³-hybridized carbons (Fsp3) is 0.385. The van der Waals surface area contributed by atoms with Crippen molar-refractivity contribution < 1.29 is 19.8 Å². The van der Waals surface area contributed by atoms with Gasteiger partial charge in [-0.2, -0.15) is 0 Å². The lowest BCUT2D eigenvalue weighted by Crippen LogP contribution is -2.40. The van der Waals surface area contributed by atoms with Gasteiger partial charge in [-0.05, 0) is 31.2 Å². The number of aliphatic hydroxyl groups is 1. The zero-order valence-electron chi connectivity index (χ0n) is 11.1. The second-order valence-corrected chi connectivity index (χ2v) is 5.14. The van der Waals surface area contributed by atoms with E-state index in [1.54, 1.807) is 6.07 Å². The number of hydrogen-bond acceptors (Lipinski definition) is 4. The van der Waals surface area contributed by atoms with E-state index in [-0.39, 0.29) is 13.0 Å². The Kier molecular flexibility index (Phi) is 7.45. The number of halogens is 2. The lowest BCUT2D eigenvalue weighted by Gasteiger charge is -2.14. The maximum Gasteiger partial charge on any atom is 0.321 e. The fourth-order valence-corrected chi connectivity index (χ4v) is 1.92. The minimum Gasteiger partial charge on any atom is -0.480 e. The van der Waals surface area contributed by atoms with E-state index in [4.69, 9.17) is 33.4 Å². The van der Waals surface area contributed by atoms with Gasteiger partial charge in [-0.1, -0.05) is 23.2 Å². The first kappa shape index (κ1) is 17.7. The van der Waals surface area contributed by atoms with Crippen molar-refractivity contribution in [1.29, 1.82) is 0 Å². The molecule has 0 spiro atoms. The average Bonchev–Trinajstić information content (AvgIpc) is 2.42. The molecule has 8 heteroatoms. The second-order valence-electron chi connectivity index (χ2n) is 4.30. The lowest BCUT2D eigenvalue weighted by molar-refractivity contribution is -0.141. The molecular formula is C13H16Cl2N2O4. The van der Waals surface area contributed by atoms with E-state index in [9.17, 15) is 9.59 Å². The molecule has 0 heterocycles. The summed E-state index contributed by atoms with van der Waals surface area (Å²) in [6, 6.07) is 3.56. The number of carboxylic acid groups (broad SMARTS) is 1. The molecule has 0 aliphatic carbocycles. The molecule has 1 amide bonds. The number of aliphatic carboxylic acids is 1. The topological polar surface area (TPSA) is 98.7 Å². The second kappa shape index (κ2) is 8.84. The molecule has 0 fully saturated rings. The van der Waals surface area contributed by atoms with E-state index < -0.39 is 17.9 Å². The van der Waals surface area contributed by atoms with Crippen LogP contribution in [0.4, 0.5) is 5.69 Å². The van der Waals surface area contributed by atoms with Gasteiger partial charge in [0.05, 0.1) is 17.1 Å². The Hall–Kier alpha value is -1.34. The zero-order valence-corrected chi connectivity index (χ0v) is 12.6. The SMILES string of the molecule is O=C(CC(NCCCO)C(=O)O)Nc1cc(Cl)ccc1Cl. The number of carbonyl (C=O) groups is 2. The summed E-state index contributed by atoms with van der Waals surface area (Å²) in [4.78, 5) is 22.9. The average molecular weight is 335 g/mol. The number of benzene rings is 1. The predicted octanol–water partition coefficient (Wildman–Crippen LogP) is 1.75. The van der Waals surface area contributed by atoms with Gasteiger partial charge in [-0.3, -0.25) is 9.59 Å². The first-order valence-electron chi connectivity index (χ1n) is 6.26. The van der Waals surface area contributed by atoms with Crippen molar-refractivity contribution >= 4 is 40.8 Å². The number of amides is 1. The summed E-state index contributed by atoms with van der Waals surface area (Å²) >= 11 is 11.7. The van der Waals surface area contributed by atoms with E-state index in [1.807, 2.05) is 0 Å². The molecule has 1 atom stereocenters. The number of hydrogen-bond donors (Lipinski definition) is 4. The van der Waals surface area contributed by atoms with Crippen LogP contribution in [0.3, 0.4) is 0 Å². The molecular weight excluding hydrogens is 319 g/mol. The molecule has 1 aromatic rings. The van der Waals surface area contributed by atoms with Crippen LogP contribution in [0.25, 0.3) is 0 Å². The quantitative estimate of drug-likeness (QED) is 0.543. The van der Waals surface area contributed by atoms with Crippen LogP contribution in [0.5, 0.6) is 0 Å². The zero-order chi connectivity index (χ0) is 15.8. The van der Waals surface area contributed by atoms with Crippen LogP contribution in [0, 0.1) is 0 Å². The monoisotopic (exact) mass is 334 g/mol. The maximum atomic E-state index is 11.9. The highest BCUT2D eigenvalue weighted by Crippen LogP contribution is 2.25. The molecule has 0 saturated carbocycles. The summed E-state index contributed by atoms with van der Waals surface area (Å²) in [5.74, 6) is -1.64. The Morgan fingerprint density at radius 2 is 2.00 bits per heavy atom. The van der Waals surface area contributed by atoms with Crippen LogP contribution in [-0.4, -0.2) is 41.3 Å². The standard InChI is InChI=1S/C13H16Cl2N2O4/c14-8-2-3-9(15)10(6-8)17-12(19)7-11(13(20)21)16-4-1-5-18/h2-3,6,11,16,18H,1,4-5,7H2,(H,17,19)(H,20,21). The maximum absolute atomic E-state index is 11.9. The smallest absolute Gasteiger partial charge is 0.321 e. The minimum atomic E-state index is -1.14. The summed E-state index contributed by atoms with van der Waals surface area (Å²) in [7, 11) is 0. The van der Waals surface area contributed by atoms with Crippen LogP contribution in [0.1, 0.15) is 12.8 Å². The van der Waals surface area contributed by atoms with E-state index in [1.165, 1.54) is 12.1 Å². The third kappa shape index (κ3) is 6.31. The number of anilines is 1. The van der Waals surface area contributed by atoms with Crippen molar-refractivity contribution in [3.8, 4) is 0 Å². The molecule has 1 rings (SSSR count). The molecule has 0 aromatic heterocycles. The first-order chi connectivity index (χ1) is 9.93. The Morgan fingerprint density at radius 1 is 1.29 bits per heavy atom. The van der Waals surface area contributed by atoms with Gasteiger partial charge in [0, 0.05) is 11.6 Å². The molecule has 0 radical (unpaired) electrons. The van der Waals surface area contributed by atoms with E-state index in [0.29, 0.717) is 28.7 Å². The third-order valence-corrected chi connectivity index (χ3v) is 3.18. The lowest BCUT2D eigenvalue weighted by atomic mass is 10.2. The van der Waals surface area contributed by atoms with Gasteiger partial charge < -0.3 is 20.8 Å². The normalized spacial score (nSPS) is 12.0. The van der Waals surface area contributed by atoms with Crippen LogP contribution in [-0.2, 0) is 9.59 Å². The molecule has 21 heavy (non-hydrogen) atoms. The van der Waals surface area contributed by atoms with Gasteiger partial charge in [-0.15, -0.1) is 0 Å². The molecule has 0 bridgehead atoms. The molecule has 4 N–H and O–H groups in total. The number of carbonyl (C=O) groups excluding carboxylic acids is 1. The summed E-state index contributed by atoms with van der Waals surface area (Å²) < 4.78 is 0. The summed E-state index contributed by atoms with van der Waals surface area (Å²) in [6.07, 6.45) is 0.148. The first-order valence-corrected chi connectivity index (χ1v) is 7.01. The van der Waals surface area contributed by atoms with Crippen molar-refractivity contribution in [3.05, 3.63) is 28.2 Å². The van der Waals surface area contributed by atoms with Crippen molar-refractivity contribution in [1.82, 2.24) is 5.32 Å². The molecule has 0 aliphatic rings. The van der Waals surface area contributed by atoms with Gasteiger partial charge in [0.25, 0.3) is 0 Å². The Balaban J connectivity index is 2.61. The van der Waals surface area contributed by atoms with E-state index in [0.717, 1.165) is 0 Å². The Labute approximate surface area is 132 Å². The van der Waals surface area contributed by atoms with Gasteiger partial charge in [0.1, 0.15) is 6.04 Å². The molecule has 6 nitrogen and oxygen atoms in total. The number of carboxylic acids is 1. The fourth-order valence-electron chi connectivity index (χ4n) is 1.58. The molecule has 0 aliphatic heterocycles. The van der Waals surface area contributed by atoms with Crippen molar-refractivity contribution in [2.75, 3.05) is 18.5 Å². The number of rotatable bonds is 8. The highest BCUT2D eigenvalue weighted by molar-refractivity contribution is 6.35. The van der Waals surface area contributed by atoms with Crippen LogP contribution in [0.15, 0.2) is 18.2 Å². The summed E-state index contributed by atoms with van der Waals surface area (Å²) in [5.41, 5.74) is 0.327. The summed E-state index contributed by atoms with van der Waals surface area (Å²) in [6.45, 7) is 0.252. The largest absolute Gasteiger partial charge is 0.480 e. The molecule has 1 unspecified atom stereocenters. The Bertz CT molecular complexity index is 511. The van der Waals surface area contributed by atoms with Crippen molar-refractivity contribution in [2.45, 2.75) is 18.9 Å². The molecule has 116 valence electrons. The number of nitrogens with one attached hydrogen (secondary N) is 2. The third-order valence-electron chi connectivity index (χ3n) is 2.62. The van der Waals surface area contributed by atoms with Gasteiger partial charge in [-0.25, -0.2) is 0 Å². The van der Waals surface area contributed by atoms with Gasteiger partial charge >= 0.3 is 5.97 Å². The van der Waals surface area contributed by atoms with Gasteiger partial charge in [0.2, 0.25) is 5.91 Å². The van der Waals surface area contributed by atoms with Gasteiger partial charge in [0.15, 0.2) is 0 Å².